The fourth-order valence-corrected chi connectivity index (χ4v) is 5.10. The number of ether oxygens (including phenoxy) is 5. The van der Waals surface area contributed by atoms with Crippen LogP contribution in [0.15, 0.2) is 97.1 Å². The molecule has 0 radical (unpaired) electrons. The predicted octanol–water partition coefficient (Wildman–Crippen LogP) is 8.30. The lowest BCUT2D eigenvalue weighted by Gasteiger charge is -2.22. The number of carboxylic acids is 1. The van der Waals surface area contributed by atoms with Crippen LogP contribution < -0.4 is 14.2 Å². The van der Waals surface area contributed by atoms with Crippen LogP contribution in [0.5, 0.6) is 23.0 Å². The Morgan fingerprint density at radius 2 is 1.40 bits per heavy atom. The average molecular weight is 683 g/mol. The lowest BCUT2D eigenvalue weighted by molar-refractivity contribution is -0.149. The molecule has 1 atom stereocenters. The van der Waals surface area contributed by atoms with Crippen molar-refractivity contribution in [3.05, 3.63) is 118 Å². The minimum Gasteiger partial charge on any atom is -0.492 e. The second-order valence-electron chi connectivity index (χ2n) is 10.4. The molecule has 4 aromatic carbocycles. The van der Waals surface area contributed by atoms with Gasteiger partial charge in [-0.1, -0.05) is 53.5 Å². The van der Waals surface area contributed by atoms with Crippen molar-refractivity contribution in [1.82, 2.24) is 4.90 Å². The Bertz CT molecular complexity index is 1530. The smallest absolute Gasteiger partial charge is 0.415 e. The van der Waals surface area contributed by atoms with E-state index < -0.39 is 18.2 Å². The second kappa shape index (κ2) is 18.8. The van der Waals surface area contributed by atoms with Crippen molar-refractivity contribution in [3.63, 3.8) is 0 Å². The Labute approximate surface area is 284 Å². The van der Waals surface area contributed by atoms with E-state index >= 15 is 0 Å². The monoisotopic (exact) mass is 681 g/mol. The van der Waals surface area contributed by atoms with Gasteiger partial charge in [-0.05, 0) is 91.2 Å². The van der Waals surface area contributed by atoms with Gasteiger partial charge in [-0.15, -0.1) is 0 Å². The first-order valence-electron chi connectivity index (χ1n) is 15.2. The van der Waals surface area contributed by atoms with E-state index in [0.717, 1.165) is 11.1 Å². The maximum Gasteiger partial charge on any atom is 0.415 e. The zero-order chi connectivity index (χ0) is 33.4. The van der Waals surface area contributed by atoms with Gasteiger partial charge in [0.2, 0.25) is 0 Å². The molecule has 4 aromatic rings. The summed E-state index contributed by atoms with van der Waals surface area (Å²) >= 11 is 12.2. The molecule has 0 aliphatic heterocycles. The minimum atomic E-state index is -1.00. The van der Waals surface area contributed by atoms with E-state index in [2.05, 4.69) is 0 Å². The normalized spacial score (nSPS) is 11.5. The van der Waals surface area contributed by atoms with Crippen LogP contribution in [0.4, 0.5) is 4.79 Å². The van der Waals surface area contributed by atoms with Crippen LogP contribution in [-0.4, -0.2) is 61.1 Å². The van der Waals surface area contributed by atoms with E-state index in [1.807, 2.05) is 30.3 Å². The average Bonchev–Trinajstić information content (AvgIpc) is 3.05. The summed E-state index contributed by atoms with van der Waals surface area (Å²) in [5, 5.41) is 10.4. The lowest BCUT2D eigenvalue weighted by atomic mass is 10.1. The Balaban J connectivity index is 1.31. The number of aliphatic carboxylic acids is 1. The van der Waals surface area contributed by atoms with E-state index in [1.54, 1.807) is 78.6 Å². The lowest BCUT2D eigenvalue weighted by Crippen LogP contribution is -2.38. The Hall–Kier alpha value is -4.28. The van der Waals surface area contributed by atoms with E-state index in [9.17, 15) is 14.7 Å². The summed E-state index contributed by atoms with van der Waals surface area (Å²) in [6, 6.07) is 28.6. The zero-order valence-electron chi connectivity index (χ0n) is 26.0. The topological polar surface area (TPSA) is 104 Å². The van der Waals surface area contributed by atoms with Gasteiger partial charge in [0, 0.05) is 36.2 Å². The highest BCUT2D eigenvalue weighted by Crippen LogP contribution is 2.24. The molecule has 1 amide bonds. The Morgan fingerprint density at radius 1 is 0.766 bits per heavy atom. The first-order chi connectivity index (χ1) is 22.8. The van der Waals surface area contributed by atoms with Crippen LogP contribution in [0.1, 0.15) is 24.5 Å². The molecule has 0 aliphatic rings. The molecule has 47 heavy (non-hydrogen) atoms. The van der Waals surface area contributed by atoms with Gasteiger partial charge in [-0.3, -0.25) is 0 Å². The molecular weight excluding hydrogens is 645 g/mol. The van der Waals surface area contributed by atoms with Crippen molar-refractivity contribution in [3.8, 4) is 23.0 Å². The fourth-order valence-electron chi connectivity index (χ4n) is 4.53. The van der Waals surface area contributed by atoms with Gasteiger partial charge in [0.15, 0.2) is 6.10 Å². The second-order valence-corrected chi connectivity index (χ2v) is 11.3. The molecule has 0 fully saturated rings. The number of amides is 1. The maximum absolute atomic E-state index is 13.2. The molecule has 0 aromatic heterocycles. The van der Waals surface area contributed by atoms with Gasteiger partial charge < -0.3 is 33.7 Å². The van der Waals surface area contributed by atoms with Crippen LogP contribution in [0.25, 0.3) is 0 Å². The number of rotatable bonds is 18. The summed E-state index contributed by atoms with van der Waals surface area (Å²) < 4.78 is 28.5. The Morgan fingerprint density at radius 3 is 2.06 bits per heavy atom. The molecule has 9 nitrogen and oxygen atoms in total. The number of nitrogens with zero attached hydrogens (tertiary/aromatic N) is 1. The van der Waals surface area contributed by atoms with Crippen molar-refractivity contribution in [2.75, 3.05) is 32.9 Å². The highest BCUT2D eigenvalue weighted by atomic mass is 35.5. The minimum absolute atomic E-state index is 0.205. The largest absolute Gasteiger partial charge is 0.492 e. The Kier molecular flexibility index (Phi) is 14.2. The number of para-hydroxylation sites is 1. The van der Waals surface area contributed by atoms with Crippen molar-refractivity contribution in [2.24, 2.45) is 0 Å². The standard InChI is InChI=1S/C36H37Cl2NO8/c1-2-44-34(35(40)41)23-26-9-11-30(12-10-26)45-20-18-39(17-6-19-43-25-27-21-28(37)24-29(38)22-27)36(42)47-33-15-13-32(14-16-33)46-31-7-4-3-5-8-31/h3-5,7-16,21-22,24,34H,2,6,17-20,23,25H2,1H3,(H,40,41). The number of hydrogen-bond acceptors (Lipinski definition) is 7. The molecule has 0 saturated carbocycles. The van der Waals surface area contributed by atoms with E-state index in [-0.39, 0.29) is 19.6 Å². The molecule has 0 spiro atoms. The number of benzene rings is 4. The van der Waals surface area contributed by atoms with Crippen molar-refractivity contribution >= 4 is 35.3 Å². The highest BCUT2D eigenvalue weighted by Gasteiger charge is 2.19. The molecule has 0 heterocycles. The van der Waals surface area contributed by atoms with E-state index in [1.165, 1.54) is 0 Å². The van der Waals surface area contributed by atoms with Gasteiger partial charge in [-0.25, -0.2) is 9.59 Å². The summed E-state index contributed by atoms with van der Waals surface area (Å²) in [5.41, 5.74) is 1.66. The summed E-state index contributed by atoms with van der Waals surface area (Å²) in [5.74, 6) is 1.27. The van der Waals surface area contributed by atoms with Crippen LogP contribution in [0.2, 0.25) is 10.0 Å². The zero-order valence-corrected chi connectivity index (χ0v) is 27.5. The molecule has 0 bridgehead atoms. The highest BCUT2D eigenvalue weighted by molar-refractivity contribution is 6.34. The van der Waals surface area contributed by atoms with Gasteiger partial charge in [0.1, 0.15) is 29.6 Å². The third-order valence-corrected chi connectivity index (χ3v) is 7.23. The first-order valence-corrected chi connectivity index (χ1v) is 15.9. The van der Waals surface area contributed by atoms with Crippen molar-refractivity contribution in [2.45, 2.75) is 32.5 Å². The van der Waals surface area contributed by atoms with Crippen LogP contribution in [0, 0.1) is 0 Å². The number of hydrogen-bond donors (Lipinski definition) is 1. The number of carboxylic acid groups (broad SMARTS) is 1. The van der Waals surface area contributed by atoms with Gasteiger partial charge in [0.05, 0.1) is 13.2 Å². The van der Waals surface area contributed by atoms with E-state index in [4.69, 9.17) is 46.9 Å². The van der Waals surface area contributed by atoms with Crippen LogP contribution in [-0.2, 0) is 27.3 Å². The number of carbonyl (C=O) groups excluding carboxylic acids is 1. The summed E-state index contributed by atoms with van der Waals surface area (Å²) in [6.45, 7) is 3.62. The van der Waals surface area contributed by atoms with E-state index in [0.29, 0.717) is 65.8 Å². The number of carbonyl (C=O) groups is 2. The summed E-state index contributed by atoms with van der Waals surface area (Å²) in [6.07, 6.45) is -0.648. The predicted molar refractivity (Wildman–Crippen MR) is 180 cm³/mol. The number of halogens is 2. The van der Waals surface area contributed by atoms with Crippen molar-refractivity contribution in [1.29, 1.82) is 0 Å². The SMILES string of the molecule is CCOC(Cc1ccc(OCCN(CCCOCc2cc(Cl)cc(Cl)c2)C(=O)Oc2ccc(Oc3ccccc3)cc2)cc1)C(=O)O. The third-order valence-electron chi connectivity index (χ3n) is 6.79. The molecule has 248 valence electrons. The molecule has 0 aliphatic carbocycles. The maximum atomic E-state index is 13.2. The van der Waals surface area contributed by atoms with Crippen LogP contribution in [0.3, 0.4) is 0 Å². The molecule has 4 rings (SSSR count). The van der Waals surface area contributed by atoms with Gasteiger partial charge in [-0.2, -0.15) is 0 Å². The first kappa shape index (κ1) is 35.6. The van der Waals surface area contributed by atoms with Crippen molar-refractivity contribution < 1.29 is 38.4 Å². The molecular formula is C36H37Cl2NO8. The quantitative estimate of drug-likeness (QED) is 0.105. The molecule has 0 saturated heterocycles. The third kappa shape index (κ3) is 12.4. The summed E-state index contributed by atoms with van der Waals surface area (Å²) in [4.78, 5) is 26.2. The molecule has 1 unspecified atom stereocenters. The van der Waals surface area contributed by atoms with Gasteiger partial charge in [0.25, 0.3) is 0 Å². The molecule has 11 heteroatoms. The van der Waals surface area contributed by atoms with Crippen LogP contribution >= 0.6 is 23.2 Å². The fraction of sp³-hybridized carbons (Fsp3) is 0.278. The molecule has 1 N–H and O–H groups in total. The summed E-state index contributed by atoms with van der Waals surface area (Å²) in [7, 11) is 0. The van der Waals surface area contributed by atoms with Gasteiger partial charge >= 0.3 is 12.1 Å².